The lowest BCUT2D eigenvalue weighted by Gasteiger charge is -2.27. The van der Waals surface area contributed by atoms with Gasteiger partial charge in [0, 0.05) is 45.0 Å². The third-order valence-corrected chi connectivity index (χ3v) is 3.54. The van der Waals surface area contributed by atoms with Crippen LogP contribution in [0.1, 0.15) is 25.3 Å². The van der Waals surface area contributed by atoms with Crippen molar-refractivity contribution >= 4 is 5.69 Å². The monoisotopic (exact) mass is 247 g/mol. The Kier molecular flexibility index (Phi) is 5.02. The highest BCUT2D eigenvalue weighted by molar-refractivity contribution is 5.45. The molecule has 100 valence electrons. The largest absolute Gasteiger partial charge is 0.384 e. The Morgan fingerprint density at radius 2 is 1.83 bits per heavy atom. The van der Waals surface area contributed by atoms with E-state index in [-0.39, 0.29) is 0 Å². The van der Waals surface area contributed by atoms with Gasteiger partial charge in [-0.05, 0) is 23.6 Å². The molecule has 1 aliphatic rings. The molecule has 1 fully saturated rings. The third kappa shape index (κ3) is 4.00. The second-order valence-electron chi connectivity index (χ2n) is 5.30. The van der Waals surface area contributed by atoms with Crippen molar-refractivity contribution in [2.75, 3.05) is 44.6 Å². The average molecular weight is 247 g/mol. The Bertz CT molecular complexity index is 339. The summed E-state index contributed by atoms with van der Waals surface area (Å²) in [6, 6.07) is 8.82. The zero-order chi connectivity index (χ0) is 12.8. The van der Waals surface area contributed by atoms with Crippen LogP contribution in [0, 0.1) is 0 Å². The summed E-state index contributed by atoms with van der Waals surface area (Å²) in [7, 11) is 0. The molecule has 0 saturated carbocycles. The standard InChI is InChI=1S/C15H25N3/c1-13(2)14-3-5-15(6-4-14)17-9-12-18-10-7-16-8-11-18/h3-6,13,16-17H,7-12H2,1-2H3. The number of nitrogens with zero attached hydrogens (tertiary/aromatic N) is 1. The fourth-order valence-corrected chi connectivity index (χ4v) is 2.28. The fraction of sp³-hybridized carbons (Fsp3) is 0.600. The van der Waals surface area contributed by atoms with E-state index in [1.165, 1.54) is 24.3 Å². The zero-order valence-electron chi connectivity index (χ0n) is 11.6. The van der Waals surface area contributed by atoms with Crippen LogP contribution in [-0.4, -0.2) is 44.2 Å². The van der Waals surface area contributed by atoms with Crippen molar-refractivity contribution in [3.05, 3.63) is 29.8 Å². The lowest BCUT2D eigenvalue weighted by molar-refractivity contribution is 0.249. The fourth-order valence-electron chi connectivity index (χ4n) is 2.28. The van der Waals surface area contributed by atoms with Gasteiger partial charge in [-0.25, -0.2) is 0 Å². The first kappa shape index (κ1) is 13.4. The van der Waals surface area contributed by atoms with Gasteiger partial charge in [-0.2, -0.15) is 0 Å². The van der Waals surface area contributed by atoms with Gasteiger partial charge in [-0.1, -0.05) is 26.0 Å². The highest BCUT2D eigenvalue weighted by atomic mass is 15.2. The van der Waals surface area contributed by atoms with Crippen LogP contribution >= 0.6 is 0 Å². The summed E-state index contributed by atoms with van der Waals surface area (Å²) in [6.45, 7) is 11.2. The van der Waals surface area contributed by atoms with E-state index in [1.807, 2.05) is 0 Å². The van der Waals surface area contributed by atoms with Crippen molar-refractivity contribution in [1.82, 2.24) is 10.2 Å². The molecular formula is C15H25N3. The molecular weight excluding hydrogens is 222 g/mol. The number of rotatable bonds is 5. The number of hydrogen-bond donors (Lipinski definition) is 2. The minimum absolute atomic E-state index is 0.611. The molecule has 1 aromatic rings. The molecule has 18 heavy (non-hydrogen) atoms. The van der Waals surface area contributed by atoms with Gasteiger partial charge < -0.3 is 10.6 Å². The van der Waals surface area contributed by atoms with Crippen molar-refractivity contribution < 1.29 is 0 Å². The zero-order valence-corrected chi connectivity index (χ0v) is 11.6. The predicted octanol–water partition coefficient (Wildman–Crippen LogP) is 2.13. The van der Waals surface area contributed by atoms with Crippen LogP contribution in [0.15, 0.2) is 24.3 Å². The second kappa shape index (κ2) is 6.76. The summed E-state index contributed by atoms with van der Waals surface area (Å²) in [6.07, 6.45) is 0. The smallest absolute Gasteiger partial charge is 0.0340 e. The highest BCUT2D eigenvalue weighted by Crippen LogP contribution is 2.16. The maximum atomic E-state index is 3.50. The molecule has 0 aliphatic carbocycles. The van der Waals surface area contributed by atoms with Gasteiger partial charge in [0.2, 0.25) is 0 Å². The summed E-state index contributed by atoms with van der Waals surface area (Å²) >= 11 is 0. The number of nitrogens with one attached hydrogen (secondary N) is 2. The topological polar surface area (TPSA) is 27.3 Å². The highest BCUT2D eigenvalue weighted by Gasteiger charge is 2.08. The molecule has 3 nitrogen and oxygen atoms in total. The molecule has 1 saturated heterocycles. The van der Waals surface area contributed by atoms with E-state index in [0.29, 0.717) is 5.92 Å². The molecule has 0 atom stereocenters. The van der Waals surface area contributed by atoms with E-state index in [2.05, 4.69) is 53.6 Å². The van der Waals surface area contributed by atoms with E-state index in [9.17, 15) is 0 Å². The summed E-state index contributed by atoms with van der Waals surface area (Å²) < 4.78 is 0. The second-order valence-corrected chi connectivity index (χ2v) is 5.30. The summed E-state index contributed by atoms with van der Waals surface area (Å²) in [5, 5.41) is 6.87. The van der Waals surface area contributed by atoms with E-state index in [1.54, 1.807) is 0 Å². The van der Waals surface area contributed by atoms with Crippen LogP contribution in [-0.2, 0) is 0 Å². The number of benzene rings is 1. The predicted molar refractivity (Wildman–Crippen MR) is 78.3 cm³/mol. The van der Waals surface area contributed by atoms with Gasteiger partial charge in [0.25, 0.3) is 0 Å². The number of hydrogen-bond acceptors (Lipinski definition) is 3. The van der Waals surface area contributed by atoms with Gasteiger partial charge in [-0.3, -0.25) is 4.90 Å². The summed E-state index contributed by atoms with van der Waals surface area (Å²) in [5.41, 5.74) is 2.64. The van der Waals surface area contributed by atoms with Gasteiger partial charge in [0.1, 0.15) is 0 Å². The van der Waals surface area contributed by atoms with Crippen molar-refractivity contribution in [2.24, 2.45) is 0 Å². The Hall–Kier alpha value is -1.06. The van der Waals surface area contributed by atoms with Crippen molar-refractivity contribution in [1.29, 1.82) is 0 Å². The first-order chi connectivity index (χ1) is 8.75. The van der Waals surface area contributed by atoms with Crippen LogP contribution in [0.3, 0.4) is 0 Å². The Morgan fingerprint density at radius 3 is 2.44 bits per heavy atom. The maximum Gasteiger partial charge on any atom is 0.0340 e. The molecule has 0 bridgehead atoms. The van der Waals surface area contributed by atoms with E-state index in [0.717, 1.165) is 26.2 Å². The van der Waals surface area contributed by atoms with Crippen LogP contribution in [0.4, 0.5) is 5.69 Å². The molecule has 1 aliphatic heterocycles. The van der Waals surface area contributed by atoms with Gasteiger partial charge in [0.15, 0.2) is 0 Å². The lowest BCUT2D eigenvalue weighted by Crippen LogP contribution is -2.45. The van der Waals surface area contributed by atoms with Crippen LogP contribution in [0.25, 0.3) is 0 Å². The van der Waals surface area contributed by atoms with Crippen molar-refractivity contribution in [3.63, 3.8) is 0 Å². The first-order valence-electron chi connectivity index (χ1n) is 7.02. The average Bonchev–Trinajstić information content (AvgIpc) is 2.40. The van der Waals surface area contributed by atoms with E-state index >= 15 is 0 Å². The molecule has 0 aromatic heterocycles. The number of anilines is 1. The van der Waals surface area contributed by atoms with Crippen LogP contribution in [0.5, 0.6) is 0 Å². The summed E-state index contributed by atoms with van der Waals surface area (Å²) in [5.74, 6) is 0.611. The third-order valence-electron chi connectivity index (χ3n) is 3.54. The van der Waals surface area contributed by atoms with E-state index < -0.39 is 0 Å². The molecule has 1 heterocycles. The quantitative estimate of drug-likeness (QED) is 0.834. The Balaban J connectivity index is 1.72. The molecule has 0 radical (unpaired) electrons. The van der Waals surface area contributed by atoms with Crippen molar-refractivity contribution in [3.8, 4) is 0 Å². The minimum Gasteiger partial charge on any atom is -0.384 e. The van der Waals surface area contributed by atoms with Gasteiger partial charge >= 0.3 is 0 Å². The lowest BCUT2D eigenvalue weighted by atomic mass is 10.0. The molecule has 1 aromatic carbocycles. The normalized spacial score (nSPS) is 17.1. The molecule has 0 spiro atoms. The molecule has 2 rings (SSSR count). The number of piperazine rings is 1. The van der Waals surface area contributed by atoms with Crippen LogP contribution < -0.4 is 10.6 Å². The Labute approximate surface area is 111 Å². The Morgan fingerprint density at radius 1 is 1.17 bits per heavy atom. The van der Waals surface area contributed by atoms with Crippen LogP contribution in [0.2, 0.25) is 0 Å². The summed E-state index contributed by atoms with van der Waals surface area (Å²) in [4.78, 5) is 2.51. The molecule has 3 heteroatoms. The minimum atomic E-state index is 0.611. The van der Waals surface area contributed by atoms with E-state index in [4.69, 9.17) is 0 Å². The van der Waals surface area contributed by atoms with Crippen molar-refractivity contribution in [2.45, 2.75) is 19.8 Å². The molecule has 2 N–H and O–H groups in total. The molecule has 0 amide bonds. The van der Waals surface area contributed by atoms with Gasteiger partial charge in [-0.15, -0.1) is 0 Å². The maximum absolute atomic E-state index is 3.50. The first-order valence-corrected chi connectivity index (χ1v) is 7.02. The SMILES string of the molecule is CC(C)c1ccc(NCCN2CCNCC2)cc1. The van der Waals surface area contributed by atoms with Gasteiger partial charge in [0.05, 0.1) is 0 Å². The molecule has 0 unspecified atom stereocenters.